The number of sulfonamides is 1. The molecular formula is C12H19N3O4S2. The van der Waals surface area contributed by atoms with E-state index in [2.05, 4.69) is 0 Å². The molecule has 0 bridgehead atoms. The number of nitrogens with two attached hydrogens (primary N) is 1. The second-order valence-electron chi connectivity index (χ2n) is 5.60. The van der Waals surface area contributed by atoms with E-state index < -0.39 is 14.9 Å². The van der Waals surface area contributed by atoms with Gasteiger partial charge in [-0.25, -0.2) is 8.42 Å². The molecule has 7 nitrogen and oxygen atoms in total. The molecule has 0 unspecified atom stereocenters. The summed E-state index contributed by atoms with van der Waals surface area (Å²) in [5.74, 6) is 0.393. The zero-order valence-electron chi connectivity index (χ0n) is 12.0. The predicted octanol–water partition coefficient (Wildman–Crippen LogP) is 2.44. The predicted molar refractivity (Wildman–Crippen MR) is 81.8 cm³/mol. The third-order valence-corrected chi connectivity index (χ3v) is 6.71. The van der Waals surface area contributed by atoms with E-state index in [0.717, 1.165) is 36.7 Å². The second kappa shape index (κ2) is 5.90. The Morgan fingerprint density at radius 3 is 2.57 bits per heavy atom. The third-order valence-electron chi connectivity index (χ3n) is 3.36. The van der Waals surface area contributed by atoms with E-state index in [4.69, 9.17) is 5.73 Å². The van der Waals surface area contributed by atoms with Gasteiger partial charge in [-0.15, -0.1) is 0 Å². The summed E-state index contributed by atoms with van der Waals surface area (Å²) in [7, 11) is -3.70. The lowest BCUT2D eigenvalue weighted by Gasteiger charge is -2.21. The Hall–Kier alpha value is -1.19. The molecule has 21 heavy (non-hydrogen) atoms. The minimum Gasteiger partial charge on any atom is -0.385 e. The van der Waals surface area contributed by atoms with Crippen LogP contribution >= 0.6 is 11.3 Å². The zero-order valence-corrected chi connectivity index (χ0v) is 13.6. The van der Waals surface area contributed by atoms with Crippen LogP contribution in [0.4, 0.5) is 10.7 Å². The van der Waals surface area contributed by atoms with E-state index in [1.54, 1.807) is 0 Å². The van der Waals surface area contributed by atoms with Crippen molar-refractivity contribution in [2.45, 2.75) is 43.4 Å². The molecule has 1 aromatic rings. The van der Waals surface area contributed by atoms with Crippen molar-refractivity contribution in [3.8, 4) is 0 Å². The van der Waals surface area contributed by atoms with Crippen LogP contribution in [0.15, 0.2) is 10.3 Å². The van der Waals surface area contributed by atoms with Crippen LogP contribution < -0.4 is 5.73 Å². The van der Waals surface area contributed by atoms with Crippen LogP contribution in [0.1, 0.15) is 33.1 Å². The van der Waals surface area contributed by atoms with Gasteiger partial charge in [0.2, 0.25) is 0 Å². The summed E-state index contributed by atoms with van der Waals surface area (Å²) in [6.07, 6.45) is 2.46. The standard InChI is InChI=1S/C12H19N3O4S2/c1-8(2)5-6-14(9-3-4-9)21(18,19)11-7-10(15(16)17)12(13)20-11/h7-9H,3-6,13H2,1-2H3. The maximum absolute atomic E-state index is 12.7. The minimum atomic E-state index is -3.70. The first-order valence-electron chi connectivity index (χ1n) is 6.79. The summed E-state index contributed by atoms with van der Waals surface area (Å²) < 4.78 is 26.8. The first-order valence-corrected chi connectivity index (χ1v) is 9.04. The largest absolute Gasteiger partial charge is 0.385 e. The minimum absolute atomic E-state index is 0.0242. The number of anilines is 1. The lowest BCUT2D eigenvalue weighted by Crippen LogP contribution is -2.34. The lowest BCUT2D eigenvalue weighted by atomic mass is 10.1. The number of hydrogen-bond donors (Lipinski definition) is 1. The highest BCUT2D eigenvalue weighted by atomic mass is 32.2. The smallest absolute Gasteiger partial charge is 0.304 e. The molecule has 0 aromatic carbocycles. The Labute approximate surface area is 127 Å². The average Bonchev–Trinajstić information content (AvgIpc) is 3.10. The van der Waals surface area contributed by atoms with Gasteiger partial charge in [0.15, 0.2) is 5.00 Å². The summed E-state index contributed by atoms with van der Waals surface area (Å²) in [6.45, 7) is 4.51. The molecule has 0 radical (unpaired) electrons. The molecular weight excluding hydrogens is 314 g/mol. The van der Waals surface area contributed by atoms with Gasteiger partial charge < -0.3 is 5.73 Å². The number of hydrogen-bond acceptors (Lipinski definition) is 6. The molecule has 1 aliphatic rings. The van der Waals surface area contributed by atoms with Crippen LogP contribution in [0.3, 0.4) is 0 Å². The van der Waals surface area contributed by atoms with Gasteiger partial charge in [0, 0.05) is 18.7 Å². The SMILES string of the molecule is CC(C)CCN(C1CC1)S(=O)(=O)c1cc([N+](=O)[O-])c(N)s1. The first kappa shape index (κ1) is 16.2. The quantitative estimate of drug-likeness (QED) is 0.609. The van der Waals surface area contributed by atoms with Crippen LogP contribution in [-0.4, -0.2) is 30.2 Å². The molecule has 0 spiro atoms. The highest BCUT2D eigenvalue weighted by Gasteiger charge is 2.39. The molecule has 9 heteroatoms. The number of nitrogens with zero attached hydrogens (tertiary/aromatic N) is 2. The van der Waals surface area contributed by atoms with Crippen LogP contribution in [0.25, 0.3) is 0 Å². The fraction of sp³-hybridized carbons (Fsp3) is 0.667. The summed E-state index contributed by atoms with van der Waals surface area (Å²) in [6, 6.07) is 1.09. The van der Waals surface area contributed by atoms with Gasteiger partial charge in [-0.05, 0) is 25.2 Å². The third kappa shape index (κ3) is 3.53. The zero-order chi connectivity index (χ0) is 15.8. The molecule has 118 valence electrons. The molecule has 0 amide bonds. The Bertz CT molecular complexity index is 635. The van der Waals surface area contributed by atoms with Crippen molar-refractivity contribution in [3.63, 3.8) is 0 Å². The number of nitrogen functional groups attached to an aromatic ring is 1. The Kier molecular flexibility index (Phi) is 4.54. The molecule has 0 saturated heterocycles. The lowest BCUT2D eigenvalue weighted by molar-refractivity contribution is -0.383. The van der Waals surface area contributed by atoms with Crippen molar-refractivity contribution in [2.24, 2.45) is 5.92 Å². The molecule has 1 fully saturated rings. The molecule has 0 aliphatic heterocycles. The van der Waals surface area contributed by atoms with E-state index in [-0.39, 0.29) is 20.9 Å². The van der Waals surface area contributed by atoms with Gasteiger partial charge in [0.25, 0.3) is 10.0 Å². The highest BCUT2D eigenvalue weighted by Crippen LogP contribution is 2.39. The number of rotatable bonds is 7. The second-order valence-corrected chi connectivity index (χ2v) is 8.80. The van der Waals surface area contributed by atoms with E-state index in [1.807, 2.05) is 13.8 Å². The maximum atomic E-state index is 12.7. The monoisotopic (exact) mass is 333 g/mol. The molecule has 1 saturated carbocycles. The maximum Gasteiger partial charge on any atom is 0.304 e. The van der Waals surface area contributed by atoms with Crippen LogP contribution in [-0.2, 0) is 10.0 Å². The van der Waals surface area contributed by atoms with Gasteiger partial charge in [-0.1, -0.05) is 25.2 Å². The summed E-state index contributed by atoms with van der Waals surface area (Å²) in [4.78, 5) is 10.2. The Morgan fingerprint density at radius 2 is 2.14 bits per heavy atom. The summed E-state index contributed by atoms with van der Waals surface area (Å²) >= 11 is 0.764. The van der Waals surface area contributed by atoms with E-state index >= 15 is 0 Å². The van der Waals surface area contributed by atoms with Crippen molar-refractivity contribution >= 4 is 32.0 Å². The number of nitro groups is 1. The van der Waals surface area contributed by atoms with E-state index in [1.165, 1.54) is 4.31 Å². The fourth-order valence-corrected chi connectivity index (χ4v) is 5.05. The van der Waals surface area contributed by atoms with E-state index in [0.29, 0.717) is 12.5 Å². The van der Waals surface area contributed by atoms with Crippen LogP contribution in [0, 0.1) is 16.0 Å². The molecule has 2 rings (SSSR count). The van der Waals surface area contributed by atoms with Gasteiger partial charge in [-0.2, -0.15) is 4.31 Å². The Balaban J connectivity index is 2.30. The fourth-order valence-electron chi connectivity index (χ4n) is 2.01. The van der Waals surface area contributed by atoms with Crippen LogP contribution in [0.2, 0.25) is 0 Å². The van der Waals surface area contributed by atoms with Gasteiger partial charge in [0.1, 0.15) is 4.21 Å². The molecule has 1 aromatic heterocycles. The van der Waals surface area contributed by atoms with Gasteiger partial charge in [-0.3, -0.25) is 10.1 Å². The normalized spacial score (nSPS) is 15.8. The van der Waals surface area contributed by atoms with Crippen molar-refractivity contribution in [3.05, 3.63) is 16.2 Å². The molecule has 1 heterocycles. The molecule has 2 N–H and O–H groups in total. The highest BCUT2D eigenvalue weighted by molar-refractivity contribution is 7.91. The first-order chi connectivity index (χ1) is 9.73. The molecule has 1 aliphatic carbocycles. The molecule has 0 atom stereocenters. The van der Waals surface area contributed by atoms with Crippen molar-refractivity contribution in [1.82, 2.24) is 4.31 Å². The topological polar surface area (TPSA) is 107 Å². The van der Waals surface area contributed by atoms with Crippen LogP contribution in [0.5, 0.6) is 0 Å². The van der Waals surface area contributed by atoms with Gasteiger partial charge >= 0.3 is 5.69 Å². The average molecular weight is 333 g/mol. The van der Waals surface area contributed by atoms with E-state index in [9.17, 15) is 18.5 Å². The summed E-state index contributed by atoms with van der Waals surface area (Å²) in [5, 5.41) is 10.7. The summed E-state index contributed by atoms with van der Waals surface area (Å²) in [5.41, 5.74) is 5.21. The van der Waals surface area contributed by atoms with Crippen molar-refractivity contribution in [2.75, 3.05) is 12.3 Å². The van der Waals surface area contributed by atoms with Crippen molar-refractivity contribution in [1.29, 1.82) is 0 Å². The van der Waals surface area contributed by atoms with Crippen molar-refractivity contribution < 1.29 is 13.3 Å². The van der Waals surface area contributed by atoms with Gasteiger partial charge in [0.05, 0.1) is 4.92 Å². The Morgan fingerprint density at radius 1 is 1.52 bits per heavy atom. The number of thiophene rings is 1.